The van der Waals surface area contributed by atoms with Crippen LogP contribution in [0, 0.1) is 0 Å². The van der Waals surface area contributed by atoms with Crippen molar-refractivity contribution in [1.29, 1.82) is 0 Å². The van der Waals surface area contributed by atoms with Gasteiger partial charge in [0.05, 0.1) is 6.61 Å². The SMILES string of the molecule is NO[C@@](N)(C(=O)O)[C@@H](O)[C@H](O)[C@H](O)CO. The third-order valence-corrected chi connectivity index (χ3v) is 1.87. The van der Waals surface area contributed by atoms with E-state index in [-0.39, 0.29) is 0 Å². The Balaban J connectivity index is 4.79. The molecule has 0 saturated carbocycles. The van der Waals surface area contributed by atoms with Crippen molar-refractivity contribution in [3.63, 3.8) is 0 Å². The van der Waals surface area contributed by atoms with Gasteiger partial charge in [0.15, 0.2) is 0 Å². The van der Waals surface area contributed by atoms with Gasteiger partial charge in [0, 0.05) is 0 Å². The highest BCUT2D eigenvalue weighted by Crippen LogP contribution is 2.14. The van der Waals surface area contributed by atoms with E-state index in [1.807, 2.05) is 0 Å². The van der Waals surface area contributed by atoms with Gasteiger partial charge in [0.1, 0.15) is 18.3 Å². The molecule has 15 heavy (non-hydrogen) atoms. The van der Waals surface area contributed by atoms with Gasteiger partial charge < -0.3 is 25.5 Å². The van der Waals surface area contributed by atoms with Crippen molar-refractivity contribution in [3.05, 3.63) is 0 Å². The van der Waals surface area contributed by atoms with E-state index in [4.69, 9.17) is 26.2 Å². The third kappa shape index (κ3) is 2.82. The van der Waals surface area contributed by atoms with Crippen LogP contribution in [0.4, 0.5) is 0 Å². The fourth-order valence-electron chi connectivity index (χ4n) is 0.819. The van der Waals surface area contributed by atoms with Crippen molar-refractivity contribution in [3.8, 4) is 0 Å². The van der Waals surface area contributed by atoms with E-state index in [9.17, 15) is 9.90 Å². The van der Waals surface area contributed by atoms with Crippen molar-refractivity contribution in [2.24, 2.45) is 11.6 Å². The maximum Gasteiger partial charge on any atom is 0.356 e. The minimum atomic E-state index is -2.77. The van der Waals surface area contributed by atoms with Gasteiger partial charge in [-0.15, -0.1) is 0 Å². The second kappa shape index (κ2) is 5.32. The minimum Gasteiger partial charge on any atom is -0.478 e. The molecule has 0 aromatic rings. The number of hydrogen-bond acceptors (Lipinski definition) is 8. The molecule has 0 rings (SSSR count). The number of carboxylic acid groups (broad SMARTS) is 1. The molecule has 9 N–H and O–H groups in total. The van der Waals surface area contributed by atoms with Crippen LogP contribution in [-0.2, 0) is 9.63 Å². The fraction of sp³-hybridized carbons (Fsp3) is 0.833. The van der Waals surface area contributed by atoms with Gasteiger partial charge in [0.25, 0.3) is 5.72 Å². The first kappa shape index (κ1) is 14.2. The molecule has 4 atom stereocenters. The quantitative estimate of drug-likeness (QED) is 0.174. The predicted molar refractivity (Wildman–Crippen MR) is 44.9 cm³/mol. The van der Waals surface area contributed by atoms with Gasteiger partial charge in [-0.3, -0.25) is 10.6 Å². The number of rotatable bonds is 6. The summed E-state index contributed by atoms with van der Waals surface area (Å²) in [5.74, 6) is 2.74. The van der Waals surface area contributed by atoms with E-state index in [2.05, 4.69) is 10.7 Å². The molecule has 0 aliphatic rings. The summed E-state index contributed by atoms with van der Waals surface area (Å²) in [5.41, 5.74) is 2.26. The monoisotopic (exact) mass is 226 g/mol. The molecule has 0 heterocycles. The zero-order valence-electron chi connectivity index (χ0n) is 7.65. The lowest BCUT2D eigenvalue weighted by Crippen LogP contribution is -2.66. The molecule has 0 aromatic heterocycles. The van der Waals surface area contributed by atoms with Crippen LogP contribution in [0.25, 0.3) is 0 Å². The Morgan fingerprint density at radius 3 is 2.13 bits per heavy atom. The molecule has 0 saturated heterocycles. The number of hydrogen-bond donors (Lipinski definition) is 7. The molecule has 9 heteroatoms. The lowest BCUT2D eigenvalue weighted by atomic mass is 9.98. The maximum atomic E-state index is 10.6. The van der Waals surface area contributed by atoms with Crippen LogP contribution in [0.5, 0.6) is 0 Å². The van der Waals surface area contributed by atoms with Crippen LogP contribution in [0.2, 0.25) is 0 Å². The Hall–Kier alpha value is -0.810. The standard InChI is InChI=1S/C6H14N2O7/c7-6(15-8,5(13)14)4(12)3(11)2(10)1-9/h2-4,9-12H,1,7-8H2,(H,13,14)/t2-,3-,4+,6-/m1/s1. The average molecular weight is 226 g/mol. The van der Waals surface area contributed by atoms with Gasteiger partial charge in [-0.2, -0.15) is 0 Å². The molecule has 9 nitrogen and oxygen atoms in total. The largest absolute Gasteiger partial charge is 0.478 e. The second-order valence-corrected chi connectivity index (χ2v) is 2.90. The van der Waals surface area contributed by atoms with E-state index < -0.39 is 36.6 Å². The summed E-state index contributed by atoms with van der Waals surface area (Å²) in [6.45, 7) is -0.890. The highest BCUT2D eigenvalue weighted by molar-refractivity contribution is 5.77. The Morgan fingerprint density at radius 2 is 1.87 bits per heavy atom. The van der Waals surface area contributed by atoms with Crippen LogP contribution in [0.15, 0.2) is 0 Å². The Kier molecular flexibility index (Phi) is 5.03. The van der Waals surface area contributed by atoms with Gasteiger partial charge in [-0.05, 0) is 0 Å². The zero-order valence-corrected chi connectivity index (χ0v) is 7.65. The third-order valence-electron chi connectivity index (χ3n) is 1.87. The lowest BCUT2D eigenvalue weighted by molar-refractivity contribution is -0.204. The van der Waals surface area contributed by atoms with Gasteiger partial charge >= 0.3 is 5.97 Å². The summed E-state index contributed by atoms with van der Waals surface area (Å²) >= 11 is 0. The molecule has 0 bridgehead atoms. The summed E-state index contributed by atoms with van der Waals surface area (Å²) in [5, 5.41) is 44.4. The Morgan fingerprint density at radius 1 is 1.40 bits per heavy atom. The number of aliphatic hydroxyl groups excluding tert-OH is 4. The normalized spacial score (nSPS) is 21.5. The highest BCUT2D eigenvalue weighted by atomic mass is 16.7. The number of carbonyl (C=O) groups is 1. The molecule has 0 unspecified atom stereocenters. The smallest absolute Gasteiger partial charge is 0.356 e. The lowest BCUT2D eigenvalue weighted by Gasteiger charge is -2.31. The van der Waals surface area contributed by atoms with Crippen molar-refractivity contribution in [2.75, 3.05) is 6.61 Å². The summed E-state index contributed by atoms with van der Waals surface area (Å²) in [4.78, 5) is 14.4. The molecule has 0 fully saturated rings. The van der Waals surface area contributed by atoms with Crippen molar-refractivity contribution in [1.82, 2.24) is 0 Å². The second-order valence-electron chi connectivity index (χ2n) is 2.90. The topological polar surface area (TPSA) is 179 Å². The Labute approximate surface area is 84.4 Å². The van der Waals surface area contributed by atoms with Gasteiger partial charge in [-0.1, -0.05) is 0 Å². The van der Waals surface area contributed by atoms with Crippen molar-refractivity contribution < 1.29 is 35.2 Å². The zero-order chi connectivity index (χ0) is 12.2. The molecule has 0 spiro atoms. The molecule has 0 aromatic carbocycles. The number of aliphatic hydroxyl groups is 4. The summed E-state index contributed by atoms with van der Waals surface area (Å²) in [6.07, 6.45) is -5.99. The van der Waals surface area contributed by atoms with Crippen LogP contribution in [-0.4, -0.2) is 62.1 Å². The summed E-state index contributed by atoms with van der Waals surface area (Å²) in [6, 6.07) is 0. The van der Waals surface area contributed by atoms with Gasteiger partial charge in [0.2, 0.25) is 0 Å². The first-order chi connectivity index (χ1) is 6.81. The van der Waals surface area contributed by atoms with Crippen LogP contribution in [0.3, 0.4) is 0 Å². The fourth-order valence-corrected chi connectivity index (χ4v) is 0.819. The van der Waals surface area contributed by atoms with E-state index in [1.54, 1.807) is 0 Å². The summed E-state index contributed by atoms with van der Waals surface area (Å²) in [7, 11) is 0. The van der Waals surface area contributed by atoms with Crippen molar-refractivity contribution in [2.45, 2.75) is 24.0 Å². The maximum absolute atomic E-state index is 10.6. The molecule has 0 radical (unpaired) electrons. The van der Waals surface area contributed by atoms with E-state index >= 15 is 0 Å². The average Bonchev–Trinajstić information content (AvgIpc) is 2.24. The highest BCUT2D eigenvalue weighted by Gasteiger charge is 2.48. The van der Waals surface area contributed by atoms with Crippen molar-refractivity contribution >= 4 is 5.97 Å². The first-order valence-corrected chi connectivity index (χ1v) is 3.86. The first-order valence-electron chi connectivity index (χ1n) is 3.86. The summed E-state index contributed by atoms with van der Waals surface area (Å²) < 4.78 is 0. The predicted octanol–water partition coefficient (Wildman–Crippen LogP) is -4.31. The molecular formula is C6H14N2O7. The molecular weight excluding hydrogens is 212 g/mol. The molecule has 0 amide bonds. The van der Waals surface area contributed by atoms with Gasteiger partial charge in [-0.25, -0.2) is 10.7 Å². The van der Waals surface area contributed by atoms with Crippen LogP contribution >= 0.6 is 0 Å². The van der Waals surface area contributed by atoms with E-state index in [0.717, 1.165) is 0 Å². The molecule has 0 aliphatic heterocycles. The Bertz CT molecular complexity index is 226. The van der Waals surface area contributed by atoms with Crippen LogP contribution < -0.4 is 11.6 Å². The van der Waals surface area contributed by atoms with E-state index in [1.165, 1.54) is 0 Å². The van der Waals surface area contributed by atoms with E-state index in [0.29, 0.717) is 0 Å². The minimum absolute atomic E-state index is 0.890. The molecule has 90 valence electrons. The van der Waals surface area contributed by atoms with Crippen LogP contribution in [0.1, 0.15) is 0 Å². The molecule has 0 aliphatic carbocycles. The number of carboxylic acids is 1. The number of nitrogens with two attached hydrogens (primary N) is 2. The number of aliphatic carboxylic acids is 1.